The molecule has 1 amide bonds. The second-order valence-corrected chi connectivity index (χ2v) is 9.73. The molecule has 2 saturated heterocycles. The molecule has 4 rings (SSSR count). The molecule has 3 N–H and O–H groups in total. The number of amides is 1. The van der Waals surface area contributed by atoms with Crippen LogP contribution in [0.1, 0.15) is 24.2 Å². The highest BCUT2D eigenvalue weighted by Crippen LogP contribution is 2.37. The van der Waals surface area contributed by atoms with E-state index in [9.17, 15) is 44.3 Å². The van der Waals surface area contributed by atoms with Crippen molar-refractivity contribution in [1.29, 1.82) is 0 Å². The number of carboxylic acids is 2. The van der Waals surface area contributed by atoms with Crippen LogP contribution in [0.5, 0.6) is 0 Å². The van der Waals surface area contributed by atoms with Crippen molar-refractivity contribution in [2.75, 3.05) is 31.1 Å². The maximum atomic E-state index is 12.9. The number of imidazole rings is 1. The third-order valence-corrected chi connectivity index (χ3v) is 6.39. The van der Waals surface area contributed by atoms with Crippen LogP contribution in [0.25, 0.3) is 0 Å². The van der Waals surface area contributed by atoms with Crippen LogP contribution in [0.3, 0.4) is 0 Å². The summed E-state index contributed by atoms with van der Waals surface area (Å²) in [7, 11) is 1.90. The highest BCUT2D eigenvalue weighted by Gasteiger charge is 2.42. The number of nitrogens with one attached hydrogen (secondary N) is 1. The normalized spacial score (nSPS) is 19.8. The zero-order valence-corrected chi connectivity index (χ0v) is 23.2. The van der Waals surface area contributed by atoms with Gasteiger partial charge in [-0.15, -0.1) is 0 Å². The second kappa shape index (κ2) is 15.2. The smallest absolute Gasteiger partial charge is 0.475 e. The molecule has 12 nitrogen and oxygen atoms in total. The Morgan fingerprint density at radius 1 is 1.00 bits per heavy atom. The highest BCUT2D eigenvalue weighted by atomic mass is 19.4. The summed E-state index contributed by atoms with van der Waals surface area (Å²) in [6.07, 6.45) is -8.55. The number of anilines is 1. The Balaban J connectivity index is 0.000000421. The van der Waals surface area contributed by atoms with Gasteiger partial charge in [0.25, 0.3) is 0 Å². The molecule has 0 bridgehead atoms. The Labute approximate surface area is 248 Å². The molecule has 21 heteroatoms. The van der Waals surface area contributed by atoms with Gasteiger partial charge in [0.15, 0.2) is 0 Å². The van der Waals surface area contributed by atoms with Crippen LogP contribution in [0.15, 0.2) is 24.9 Å². The molecule has 2 aromatic heterocycles. The van der Waals surface area contributed by atoms with Gasteiger partial charge < -0.3 is 29.7 Å². The molecule has 3 atom stereocenters. The first kappa shape index (κ1) is 37.0. The minimum absolute atomic E-state index is 0.0605. The molecule has 2 aliphatic rings. The van der Waals surface area contributed by atoms with E-state index in [0.29, 0.717) is 32.7 Å². The number of carbonyl (C=O) groups is 3. The van der Waals surface area contributed by atoms with Gasteiger partial charge in [-0.2, -0.15) is 39.5 Å². The minimum Gasteiger partial charge on any atom is -0.475 e. The van der Waals surface area contributed by atoms with Gasteiger partial charge >= 0.3 is 30.5 Å². The van der Waals surface area contributed by atoms with E-state index >= 15 is 0 Å². The van der Waals surface area contributed by atoms with Gasteiger partial charge in [-0.1, -0.05) is 0 Å². The molecule has 0 saturated carbocycles. The molecule has 2 fully saturated rings. The number of ether oxygens (including phenoxy) is 1. The van der Waals surface area contributed by atoms with Crippen molar-refractivity contribution in [2.24, 2.45) is 18.9 Å². The van der Waals surface area contributed by atoms with Crippen LogP contribution in [-0.2, 0) is 38.8 Å². The number of aliphatic carboxylic acids is 2. The van der Waals surface area contributed by atoms with Crippen molar-refractivity contribution < 1.29 is 68.8 Å². The van der Waals surface area contributed by atoms with E-state index in [1.54, 1.807) is 6.33 Å². The summed E-state index contributed by atoms with van der Waals surface area (Å²) in [5.41, 5.74) is -0.0201. The number of alkyl halides is 9. The summed E-state index contributed by atoms with van der Waals surface area (Å²) in [5.74, 6) is -4.93. The molecule has 0 radical (unpaired) electrons. The maximum Gasteiger partial charge on any atom is 0.490 e. The lowest BCUT2D eigenvalue weighted by Gasteiger charge is -2.36. The topological polar surface area (TPSA) is 160 Å². The van der Waals surface area contributed by atoms with Gasteiger partial charge in [0.2, 0.25) is 5.91 Å². The maximum absolute atomic E-state index is 12.9. The van der Waals surface area contributed by atoms with Gasteiger partial charge in [-0.3, -0.25) is 4.79 Å². The van der Waals surface area contributed by atoms with Crippen LogP contribution >= 0.6 is 0 Å². The summed E-state index contributed by atoms with van der Waals surface area (Å²) < 4.78 is 110. The van der Waals surface area contributed by atoms with E-state index in [0.717, 1.165) is 24.5 Å². The number of carbonyl (C=O) groups excluding carboxylic acids is 1. The van der Waals surface area contributed by atoms with Gasteiger partial charge in [0.05, 0.1) is 31.2 Å². The lowest BCUT2D eigenvalue weighted by molar-refractivity contribution is -0.193. The van der Waals surface area contributed by atoms with Gasteiger partial charge in [0.1, 0.15) is 17.8 Å². The van der Waals surface area contributed by atoms with Crippen molar-refractivity contribution in [3.63, 3.8) is 0 Å². The Hall–Kier alpha value is -4.17. The average Bonchev–Trinajstić information content (AvgIpc) is 3.53. The third-order valence-electron chi connectivity index (χ3n) is 6.39. The Kier molecular flexibility index (Phi) is 12.5. The van der Waals surface area contributed by atoms with Gasteiger partial charge in [-0.05, 0) is 12.3 Å². The molecule has 0 unspecified atom stereocenters. The summed E-state index contributed by atoms with van der Waals surface area (Å²) in [6.45, 7) is 2.12. The van der Waals surface area contributed by atoms with E-state index in [2.05, 4.69) is 20.3 Å². The Morgan fingerprint density at radius 2 is 1.60 bits per heavy atom. The van der Waals surface area contributed by atoms with E-state index < -0.39 is 36.2 Å². The lowest BCUT2D eigenvalue weighted by atomic mass is 9.83. The zero-order chi connectivity index (χ0) is 34.2. The number of hydrogen-bond acceptors (Lipinski definition) is 8. The number of nitrogens with zero attached hydrogens (tertiary/aromatic N) is 5. The number of aromatic nitrogens is 4. The van der Waals surface area contributed by atoms with E-state index in [4.69, 9.17) is 24.5 Å². The summed E-state index contributed by atoms with van der Waals surface area (Å²) in [6, 6.07) is 0.989. The van der Waals surface area contributed by atoms with E-state index in [-0.39, 0.29) is 36.1 Å². The molecular weight excluding hydrogens is 639 g/mol. The fourth-order valence-electron chi connectivity index (χ4n) is 4.36. The fourth-order valence-corrected chi connectivity index (χ4v) is 4.36. The number of piperidine rings is 1. The van der Waals surface area contributed by atoms with E-state index in [1.165, 1.54) is 0 Å². The van der Waals surface area contributed by atoms with Crippen molar-refractivity contribution >= 4 is 23.7 Å². The first-order valence-electron chi connectivity index (χ1n) is 12.8. The molecule has 2 aliphatic heterocycles. The number of carboxylic acid groups (broad SMARTS) is 2. The number of aryl methyl sites for hydroxylation is 1. The predicted molar refractivity (Wildman–Crippen MR) is 133 cm³/mol. The first-order chi connectivity index (χ1) is 20.7. The Bertz CT molecular complexity index is 1280. The lowest BCUT2D eigenvalue weighted by Crippen LogP contribution is -2.43. The van der Waals surface area contributed by atoms with Crippen LogP contribution in [0.4, 0.5) is 45.3 Å². The standard InChI is InChI=1S/C20H25F3N6O2.2C2HF3O2/c1-28-9-14(27-12-28)2-4-24-19(30)6-16-15-3-5-29(8-13(15)10-31-16)18-7-17(20(21,22)23)25-11-26-18;2*3-2(4,5)1(6)7/h7,9,11-13,15-16H,2-6,8,10H2,1H3,(H,24,30);2*(H,6,7)/t13-,15-,16+;;/m1../s1. The molecule has 4 heterocycles. The van der Waals surface area contributed by atoms with Gasteiger partial charge in [-0.25, -0.2) is 24.5 Å². The Morgan fingerprint density at radius 3 is 2.11 bits per heavy atom. The van der Waals surface area contributed by atoms with Crippen molar-refractivity contribution in [3.05, 3.63) is 36.3 Å². The summed E-state index contributed by atoms with van der Waals surface area (Å²) >= 11 is 0. The minimum atomic E-state index is -5.08. The van der Waals surface area contributed by atoms with Crippen LogP contribution in [0, 0.1) is 11.8 Å². The summed E-state index contributed by atoms with van der Waals surface area (Å²) in [5, 5.41) is 17.2. The quantitative estimate of drug-likeness (QED) is 0.391. The van der Waals surface area contributed by atoms with Crippen LogP contribution in [0.2, 0.25) is 0 Å². The fraction of sp³-hybridized carbons (Fsp3) is 0.583. The molecule has 2 aromatic rings. The van der Waals surface area contributed by atoms with Crippen molar-refractivity contribution in [2.45, 2.75) is 43.9 Å². The van der Waals surface area contributed by atoms with Crippen LogP contribution < -0.4 is 10.2 Å². The molecule has 0 aromatic carbocycles. The average molecular weight is 666 g/mol. The monoisotopic (exact) mass is 666 g/mol. The second-order valence-electron chi connectivity index (χ2n) is 9.73. The third kappa shape index (κ3) is 12.0. The van der Waals surface area contributed by atoms with Crippen molar-refractivity contribution in [1.82, 2.24) is 24.8 Å². The van der Waals surface area contributed by atoms with Crippen LogP contribution in [-0.4, -0.2) is 92.3 Å². The van der Waals surface area contributed by atoms with E-state index in [1.807, 2.05) is 22.7 Å². The number of halogens is 9. The zero-order valence-electron chi connectivity index (χ0n) is 23.2. The molecular formula is C24H27F9N6O6. The molecule has 0 aliphatic carbocycles. The number of rotatable bonds is 6. The molecule has 252 valence electrons. The SMILES string of the molecule is Cn1cnc(CCNC(=O)C[C@@H]2OC[C@H]3CN(c4cc(C(F)(F)F)ncn4)CC[C@H]32)c1.O=C(O)C(F)(F)F.O=C(O)C(F)(F)F. The first-order valence-corrected chi connectivity index (χ1v) is 12.8. The number of fused-ring (bicyclic) bond motifs is 1. The highest BCUT2D eigenvalue weighted by molar-refractivity contribution is 5.76. The summed E-state index contributed by atoms with van der Waals surface area (Å²) in [4.78, 5) is 43.5. The molecule has 45 heavy (non-hydrogen) atoms. The largest absolute Gasteiger partial charge is 0.490 e. The van der Waals surface area contributed by atoms with Crippen molar-refractivity contribution in [3.8, 4) is 0 Å². The van der Waals surface area contributed by atoms with Gasteiger partial charge in [0, 0.05) is 51.3 Å². The predicted octanol–water partition coefficient (Wildman–Crippen LogP) is 3.09. The number of hydrogen-bond donors (Lipinski definition) is 3. The molecule has 0 spiro atoms.